The van der Waals surface area contributed by atoms with Crippen LogP contribution in [-0.2, 0) is 36.9 Å². The highest BCUT2D eigenvalue weighted by Crippen LogP contribution is 2.60. The summed E-state index contributed by atoms with van der Waals surface area (Å²) in [5.41, 5.74) is -3.24. The predicted molar refractivity (Wildman–Crippen MR) is 96.9 cm³/mol. The summed E-state index contributed by atoms with van der Waals surface area (Å²) in [4.78, 5) is 34.6. The number of hydrogen-bond donors (Lipinski definition) is 0. The Morgan fingerprint density at radius 3 is 2.10 bits per heavy atom. The molecule has 0 saturated heterocycles. The lowest BCUT2D eigenvalue weighted by atomic mass is 10.1. The van der Waals surface area contributed by atoms with Gasteiger partial charge in [0.15, 0.2) is 23.3 Å². The van der Waals surface area contributed by atoms with Crippen LogP contribution in [0.4, 0.5) is 17.6 Å². The molecule has 2 atom stereocenters. The summed E-state index contributed by atoms with van der Waals surface area (Å²) < 4.78 is 65.7. The molecule has 166 valence electrons. The van der Waals surface area contributed by atoms with Gasteiger partial charge in [-0.1, -0.05) is 19.9 Å². The van der Waals surface area contributed by atoms with E-state index < -0.39 is 76.6 Å². The van der Waals surface area contributed by atoms with Crippen LogP contribution in [0.5, 0.6) is 0 Å². The second kappa shape index (κ2) is 9.29. The van der Waals surface area contributed by atoms with Crippen LogP contribution in [0.15, 0.2) is 11.6 Å². The van der Waals surface area contributed by atoms with Crippen molar-refractivity contribution in [1.29, 1.82) is 5.26 Å². The Hall–Kier alpha value is -3.22. The number of carbonyl (C=O) groups excluding carboxylic acids is 3. The van der Waals surface area contributed by atoms with Crippen LogP contribution in [0.25, 0.3) is 0 Å². The monoisotopic (exact) mass is 441 g/mol. The maximum Gasteiger partial charge on any atom is 0.348 e. The third-order valence-electron chi connectivity index (χ3n) is 5.22. The van der Waals surface area contributed by atoms with Crippen molar-refractivity contribution in [2.45, 2.75) is 33.8 Å². The Morgan fingerprint density at radius 2 is 1.61 bits per heavy atom. The zero-order valence-corrected chi connectivity index (χ0v) is 16.9. The van der Waals surface area contributed by atoms with Crippen molar-refractivity contribution in [3.8, 4) is 6.07 Å². The van der Waals surface area contributed by atoms with Crippen LogP contribution >= 0.6 is 0 Å². The van der Waals surface area contributed by atoms with Gasteiger partial charge in [0.2, 0.25) is 0 Å². The van der Waals surface area contributed by atoms with Gasteiger partial charge < -0.3 is 14.3 Å². The molecular weight excluding hydrogens is 422 g/mol. The molecule has 0 bridgehead atoms. The highest BCUT2D eigenvalue weighted by atomic mass is 19.2. The fourth-order valence-electron chi connectivity index (χ4n) is 3.32. The Labute approximate surface area is 175 Å². The molecule has 2 unspecified atom stereocenters. The van der Waals surface area contributed by atoms with Crippen molar-refractivity contribution in [1.82, 2.24) is 0 Å². The van der Waals surface area contributed by atoms with Gasteiger partial charge in [0.1, 0.15) is 24.5 Å². The van der Waals surface area contributed by atoms with E-state index in [4.69, 9.17) is 14.7 Å². The number of aldehydes is 1. The van der Waals surface area contributed by atoms with Gasteiger partial charge in [-0.3, -0.25) is 4.79 Å². The van der Waals surface area contributed by atoms with E-state index in [1.54, 1.807) is 26.8 Å². The van der Waals surface area contributed by atoms with Gasteiger partial charge in [-0.15, -0.1) is 0 Å². The highest BCUT2D eigenvalue weighted by Gasteiger charge is 2.62. The van der Waals surface area contributed by atoms with E-state index in [1.807, 2.05) is 0 Å². The fourth-order valence-corrected chi connectivity index (χ4v) is 3.32. The molecule has 1 fully saturated rings. The van der Waals surface area contributed by atoms with Gasteiger partial charge in [0.05, 0.1) is 18.1 Å². The average molecular weight is 441 g/mol. The lowest BCUT2D eigenvalue weighted by Gasteiger charge is -2.11. The first-order valence-electron chi connectivity index (χ1n) is 9.25. The van der Waals surface area contributed by atoms with E-state index in [-0.39, 0.29) is 18.5 Å². The fraction of sp³-hybridized carbons (Fsp3) is 0.429. The van der Waals surface area contributed by atoms with Crippen LogP contribution in [0.3, 0.4) is 0 Å². The zero-order valence-electron chi connectivity index (χ0n) is 16.9. The molecule has 0 radical (unpaired) electrons. The van der Waals surface area contributed by atoms with Crippen molar-refractivity contribution in [2.24, 2.45) is 17.3 Å². The Bertz CT molecular complexity index is 967. The first-order valence-corrected chi connectivity index (χ1v) is 9.25. The number of rotatable bonds is 8. The summed E-state index contributed by atoms with van der Waals surface area (Å²) in [6.07, 6.45) is 0.491. The molecule has 0 spiro atoms. The van der Waals surface area contributed by atoms with E-state index in [0.29, 0.717) is 0 Å². The van der Waals surface area contributed by atoms with Gasteiger partial charge in [0.25, 0.3) is 0 Å². The summed E-state index contributed by atoms with van der Waals surface area (Å²) in [6, 6.07) is 1.68. The summed E-state index contributed by atoms with van der Waals surface area (Å²) in [7, 11) is 0. The third kappa shape index (κ3) is 4.60. The number of carbonyl (C=O) groups is 3. The molecule has 0 N–H and O–H groups in total. The maximum atomic E-state index is 14.1. The van der Waals surface area contributed by atoms with Gasteiger partial charge in [-0.2, -0.15) is 5.26 Å². The lowest BCUT2D eigenvalue weighted by molar-refractivity contribution is -0.147. The van der Waals surface area contributed by atoms with Crippen molar-refractivity contribution in [2.75, 3.05) is 6.61 Å². The standard InChI is InChI=1S/C21H19F4NO5/c1-4-30-19(28)10(8-26)7-13-14(21(13,2)3)20(29)31-9-12-17(24)15(22)11(5-6-27)16(23)18(12)25/h6-7,13-14H,4-5,9H2,1-3H3/b10-7+. The molecule has 10 heteroatoms. The van der Waals surface area contributed by atoms with Crippen LogP contribution in [0.1, 0.15) is 31.9 Å². The minimum Gasteiger partial charge on any atom is -0.462 e. The highest BCUT2D eigenvalue weighted by molar-refractivity contribution is 5.93. The Balaban J connectivity index is 2.19. The molecule has 0 aromatic heterocycles. The molecule has 6 nitrogen and oxygen atoms in total. The Kier molecular flexibility index (Phi) is 7.21. The summed E-state index contributed by atoms with van der Waals surface area (Å²) in [5.74, 6) is -10.2. The van der Waals surface area contributed by atoms with Crippen molar-refractivity contribution in [3.63, 3.8) is 0 Å². The number of nitriles is 1. The first kappa shape index (κ1) is 24.1. The number of nitrogens with zero attached hydrogens (tertiary/aromatic N) is 1. The molecule has 0 amide bonds. The van der Waals surface area contributed by atoms with Gasteiger partial charge in [0, 0.05) is 12.0 Å². The van der Waals surface area contributed by atoms with Crippen molar-refractivity contribution in [3.05, 3.63) is 46.0 Å². The maximum absolute atomic E-state index is 14.1. The minimum absolute atomic E-state index is 0.0489. The van der Waals surface area contributed by atoms with Crippen molar-refractivity contribution < 1.29 is 41.4 Å². The number of ether oxygens (including phenoxy) is 2. The summed E-state index contributed by atoms with van der Waals surface area (Å²) >= 11 is 0. The number of halogens is 4. The van der Waals surface area contributed by atoms with Crippen LogP contribution in [-0.4, -0.2) is 24.8 Å². The number of allylic oxidation sites excluding steroid dienone is 1. The SMILES string of the molecule is CCOC(=O)/C(C#N)=C/C1C(C(=O)OCc2c(F)c(F)c(CC=O)c(F)c2F)C1(C)C. The molecule has 1 aromatic rings. The van der Waals surface area contributed by atoms with Gasteiger partial charge >= 0.3 is 11.9 Å². The summed E-state index contributed by atoms with van der Waals surface area (Å²) in [6.45, 7) is 3.82. The van der Waals surface area contributed by atoms with Crippen molar-refractivity contribution >= 4 is 18.2 Å². The number of hydrogen-bond acceptors (Lipinski definition) is 6. The van der Waals surface area contributed by atoms with Gasteiger partial charge in [-0.05, 0) is 18.3 Å². The molecular formula is C21H19F4NO5. The molecule has 1 aliphatic rings. The third-order valence-corrected chi connectivity index (χ3v) is 5.22. The van der Waals surface area contributed by atoms with Crippen LogP contribution in [0.2, 0.25) is 0 Å². The average Bonchev–Trinajstić information content (AvgIpc) is 3.27. The van der Waals surface area contributed by atoms with E-state index in [9.17, 15) is 31.9 Å². The summed E-state index contributed by atoms with van der Waals surface area (Å²) in [5, 5.41) is 9.11. The molecule has 1 aromatic carbocycles. The second-order valence-corrected chi connectivity index (χ2v) is 7.43. The largest absolute Gasteiger partial charge is 0.462 e. The first-order chi connectivity index (χ1) is 14.5. The number of benzene rings is 1. The molecule has 1 aliphatic carbocycles. The van der Waals surface area contributed by atoms with Gasteiger partial charge in [-0.25, -0.2) is 22.4 Å². The Morgan fingerprint density at radius 1 is 1.06 bits per heavy atom. The minimum atomic E-state index is -1.76. The smallest absolute Gasteiger partial charge is 0.348 e. The van der Waals surface area contributed by atoms with E-state index in [1.165, 1.54) is 6.08 Å². The molecule has 0 heterocycles. The second-order valence-electron chi connectivity index (χ2n) is 7.43. The molecule has 2 rings (SSSR count). The molecule has 1 saturated carbocycles. The van der Waals surface area contributed by atoms with E-state index in [2.05, 4.69) is 0 Å². The molecule has 0 aliphatic heterocycles. The quantitative estimate of drug-likeness (QED) is 0.153. The molecule has 31 heavy (non-hydrogen) atoms. The van der Waals surface area contributed by atoms with Crippen LogP contribution < -0.4 is 0 Å². The van der Waals surface area contributed by atoms with E-state index in [0.717, 1.165) is 0 Å². The lowest BCUT2D eigenvalue weighted by Crippen LogP contribution is -2.15. The normalized spacial score (nSPS) is 19.4. The predicted octanol–water partition coefficient (Wildman–Crippen LogP) is 3.31. The number of esters is 2. The van der Waals surface area contributed by atoms with Crippen LogP contribution in [0, 0.1) is 51.9 Å². The zero-order chi connectivity index (χ0) is 23.5. The topological polar surface area (TPSA) is 93.5 Å². The van der Waals surface area contributed by atoms with E-state index >= 15 is 0 Å².